The molecule has 1 radical (unpaired) electrons. The maximum atomic E-state index is 10.9. The molecule has 0 unspecified atom stereocenters. The van der Waals surface area contributed by atoms with Crippen molar-refractivity contribution in [3.63, 3.8) is 0 Å². The van der Waals surface area contributed by atoms with Gasteiger partial charge in [-0.15, -0.1) is 0 Å². The maximum absolute atomic E-state index is 10.9. The number of imide groups is 1. The molecule has 69 valence electrons. The van der Waals surface area contributed by atoms with Gasteiger partial charge in [0, 0.05) is 0 Å². The topological polar surface area (TPSA) is 70.0 Å². The number of nitrogens with one attached hydrogen (secondary N) is 1. The van der Waals surface area contributed by atoms with Gasteiger partial charge in [0.25, 0.3) is 11.8 Å². The van der Waals surface area contributed by atoms with Crippen LogP contribution in [0.5, 0.6) is 0 Å². The van der Waals surface area contributed by atoms with E-state index < -0.39 is 0 Å². The molecule has 0 bridgehead atoms. The van der Waals surface area contributed by atoms with Crippen LogP contribution in [0, 0.1) is 10.2 Å². The van der Waals surface area contributed by atoms with E-state index in [9.17, 15) is 9.59 Å². The fourth-order valence-electron chi connectivity index (χ4n) is 1.12. The van der Waals surface area contributed by atoms with Crippen LogP contribution >= 0.6 is 0 Å². The standard InChI is InChI=1S/C8H5NO2.CNSe/c10-7-5-3-1-2-4-6(5)8(11)9-7;2-1-3/h1-4H,(H,9,10,11);. The van der Waals surface area contributed by atoms with E-state index >= 15 is 0 Å². The Morgan fingerprint density at radius 2 is 1.50 bits per heavy atom. The predicted octanol–water partition coefficient (Wildman–Crippen LogP) is 0.206. The number of carbonyl (C=O) groups excluding carboxylic acids is 2. The minimum Gasteiger partial charge on any atom is -0.288 e. The molecule has 0 atom stereocenters. The van der Waals surface area contributed by atoms with E-state index in [1.54, 1.807) is 29.2 Å². The first-order valence-electron chi connectivity index (χ1n) is 3.66. The molecule has 0 aliphatic carbocycles. The van der Waals surface area contributed by atoms with Crippen LogP contribution in [-0.4, -0.2) is 27.8 Å². The zero-order valence-corrected chi connectivity index (χ0v) is 8.69. The Balaban J connectivity index is 0.000000293. The van der Waals surface area contributed by atoms with Gasteiger partial charge in [0.1, 0.15) is 0 Å². The molecular weight excluding hydrogens is 247 g/mol. The third-order valence-corrected chi connectivity index (χ3v) is 1.64. The summed E-state index contributed by atoms with van der Waals surface area (Å²) in [5.41, 5.74) is 0.940. The maximum Gasteiger partial charge on any atom is 0.258 e. The second-order valence-corrected chi connectivity index (χ2v) is 2.80. The van der Waals surface area contributed by atoms with E-state index in [-0.39, 0.29) is 11.8 Å². The number of nitrogens with zero attached hydrogens (tertiary/aromatic N) is 1. The summed E-state index contributed by atoms with van der Waals surface area (Å²) in [7, 11) is 0. The number of fused-ring (bicyclic) bond motifs is 1. The second kappa shape index (κ2) is 4.56. The molecule has 2 amide bonds. The molecule has 1 N–H and O–H groups in total. The van der Waals surface area contributed by atoms with Crippen molar-refractivity contribution < 1.29 is 9.59 Å². The summed E-state index contributed by atoms with van der Waals surface area (Å²) in [4.78, 5) is 23.5. The van der Waals surface area contributed by atoms with Crippen molar-refractivity contribution in [2.24, 2.45) is 0 Å². The summed E-state index contributed by atoms with van der Waals surface area (Å²) in [5, 5.41) is 9.47. The summed E-state index contributed by atoms with van der Waals surface area (Å²) in [6.07, 6.45) is 0. The van der Waals surface area contributed by atoms with E-state index in [2.05, 4.69) is 21.3 Å². The second-order valence-electron chi connectivity index (χ2n) is 2.42. The van der Waals surface area contributed by atoms with Crippen LogP contribution in [0.3, 0.4) is 0 Å². The average Bonchev–Trinajstić information content (AvgIpc) is 2.45. The number of hydrogen-bond donors (Lipinski definition) is 1. The van der Waals surface area contributed by atoms with Crippen LogP contribution < -0.4 is 5.32 Å². The number of amides is 2. The number of carbonyl (C=O) groups is 2. The fourth-order valence-corrected chi connectivity index (χ4v) is 1.12. The van der Waals surface area contributed by atoms with E-state index in [1.807, 2.05) is 0 Å². The summed E-state index contributed by atoms with van der Waals surface area (Å²) in [6.45, 7) is 0. The van der Waals surface area contributed by atoms with Crippen LogP contribution in [-0.2, 0) is 0 Å². The van der Waals surface area contributed by atoms with E-state index in [4.69, 9.17) is 5.26 Å². The van der Waals surface area contributed by atoms with Gasteiger partial charge in [-0.3, -0.25) is 14.9 Å². The van der Waals surface area contributed by atoms with Gasteiger partial charge in [-0.1, -0.05) is 12.1 Å². The molecule has 0 fully saturated rings. The Hall–Kier alpha value is -1.63. The molecule has 0 saturated heterocycles. The van der Waals surface area contributed by atoms with Gasteiger partial charge < -0.3 is 0 Å². The van der Waals surface area contributed by atoms with Crippen molar-refractivity contribution in [3.05, 3.63) is 35.4 Å². The van der Waals surface area contributed by atoms with Crippen molar-refractivity contribution >= 4 is 27.8 Å². The minimum absolute atomic E-state index is 0.300. The number of hydrogen-bond acceptors (Lipinski definition) is 3. The first kappa shape index (κ1) is 10.5. The Morgan fingerprint density at radius 1 is 1.14 bits per heavy atom. The molecule has 1 aliphatic heterocycles. The normalized spacial score (nSPS) is 11.9. The molecule has 1 aromatic rings. The summed E-state index contributed by atoms with van der Waals surface area (Å²) < 4.78 is 0. The third-order valence-electron chi connectivity index (χ3n) is 1.64. The first-order chi connectivity index (χ1) is 6.70. The molecule has 14 heavy (non-hydrogen) atoms. The zero-order chi connectivity index (χ0) is 10.6. The van der Waals surface area contributed by atoms with Gasteiger partial charge >= 0.3 is 26.2 Å². The summed E-state index contributed by atoms with van der Waals surface area (Å²) in [6, 6.07) is 6.74. The average molecular weight is 252 g/mol. The molecule has 4 nitrogen and oxygen atoms in total. The van der Waals surface area contributed by atoms with E-state index in [0.717, 1.165) is 0 Å². The Labute approximate surface area is 88.7 Å². The summed E-state index contributed by atoms with van der Waals surface area (Å²) >= 11 is 2.11. The molecule has 1 aromatic carbocycles. The van der Waals surface area contributed by atoms with Crippen LogP contribution in [0.25, 0.3) is 0 Å². The molecule has 5 heteroatoms. The van der Waals surface area contributed by atoms with Crippen molar-refractivity contribution in [1.29, 1.82) is 5.26 Å². The van der Waals surface area contributed by atoms with Gasteiger partial charge in [-0.05, 0) is 12.1 Å². The zero-order valence-electron chi connectivity index (χ0n) is 6.98. The molecular formula is C9H5N2O2Se. The summed E-state index contributed by atoms with van der Waals surface area (Å²) in [5.74, 6) is -0.601. The molecule has 0 aromatic heterocycles. The van der Waals surface area contributed by atoms with Gasteiger partial charge in [0.2, 0.25) is 0 Å². The largest absolute Gasteiger partial charge is 0.288 e. The van der Waals surface area contributed by atoms with Crippen LogP contribution in [0.2, 0.25) is 0 Å². The van der Waals surface area contributed by atoms with Crippen molar-refractivity contribution in [3.8, 4) is 4.97 Å². The van der Waals surface area contributed by atoms with Crippen LogP contribution in [0.15, 0.2) is 24.3 Å². The van der Waals surface area contributed by atoms with E-state index in [0.29, 0.717) is 11.1 Å². The van der Waals surface area contributed by atoms with Gasteiger partial charge in [-0.2, -0.15) is 0 Å². The smallest absolute Gasteiger partial charge is 0.258 e. The van der Waals surface area contributed by atoms with Gasteiger partial charge in [0.05, 0.1) is 11.1 Å². The number of nitriles is 1. The fraction of sp³-hybridized carbons (Fsp3) is 0. The van der Waals surface area contributed by atoms with Gasteiger partial charge in [-0.25, -0.2) is 0 Å². The SMILES string of the molecule is N#C[Se].O=C1NC(=O)c2ccccc21. The quantitative estimate of drug-likeness (QED) is 0.530. The Bertz CT molecular complexity index is 390. The number of rotatable bonds is 0. The molecule has 1 heterocycles. The van der Waals surface area contributed by atoms with Crippen molar-refractivity contribution in [2.45, 2.75) is 0 Å². The molecule has 1 aliphatic rings. The van der Waals surface area contributed by atoms with Crippen molar-refractivity contribution in [1.82, 2.24) is 5.32 Å². The predicted molar refractivity (Wildman–Crippen MR) is 49.6 cm³/mol. The third kappa shape index (κ3) is 1.99. The Morgan fingerprint density at radius 3 is 1.86 bits per heavy atom. The Kier molecular flexibility index (Phi) is 3.41. The molecule has 0 saturated carbocycles. The van der Waals surface area contributed by atoms with Crippen molar-refractivity contribution in [2.75, 3.05) is 0 Å². The molecule has 2 rings (SSSR count). The molecule has 0 spiro atoms. The van der Waals surface area contributed by atoms with Crippen LogP contribution in [0.4, 0.5) is 0 Å². The first-order valence-corrected chi connectivity index (χ1v) is 4.52. The number of benzene rings is 1. The van der Waals surface area contributed by atoms with E-state index in [1.165, 1.54) is 0 Å². The minimum atomic E-state index is -0.300. The monoisotopic (exact) mass is 253 g/mol. The van der Waals surface area contributed by atoms with Crippen LogP contribution in [0.1, 0.15) is 20.7 Å². The van der Waals surface area contributed by atoms with Gasteiger partial charge in [0.15, 0.2) is 0 Å².